The summed E-state index contributed by atoms with van der Waals surface area (Å²) in [5.41, 5.74) is 4.19. The Bertz CT molecular complexity index is 666. The highest BCUT2D eigenvalue weighted by Crippen LogP contribution is 2.33. The van der Waals surface area contributed by atoms with E-state index in [2.05, 4.69) is 45.6 Å². The van der Waals surface area contributed by atoms with Crippen molar-refractivity contribution in [3.05, 3.63) is 51.9 Å². The smallest absolute Gasteiger partial charge is 0.228 e. The van der Waals surface area contributed by atoms with Gasteiger partial charge in [-0.05, 0) is 52.2 Å². The summed E-state index contributed by atoms with van der Waals surface area (Å²) < 4.78 is 6.11. The van der Waals surface area contributed by atoms with Crippen molar-refractivity contribution in [1.82, 2.24) is 5.32 Å². The number of nitrogens with one attached hydrogen (secondary N) is 2. The molecular formula is C16H17BrN2O2. The number of benzene rings is 1. The number of furan rings is 1. The molecule has 0 saturated carbocycles. The van der Waals surface area contributed by atoms with Gasteiger partial charge in [0.25, 0.3) is 0 Å². The van der Waals surface area contributed by atoms with Gasteiger partial charge in [0, 0.05) is 11.3 Å². The van der Waals surface area contributed by atoms with Crippen LogP contribution in [0.1, 0.15) is 36.1 Å². The van der Waals surface area contributed by atoms with Crippen molar-refractivity contribution in [2.24, 2.45) is 0 Å². The maximum Gasteiger partial charge on any atom is 0.228 e. The lowest BCUT2D eigenvalue weighted by molar-refractivity contribution is -0.115. The van der Waals surface area contributed by atoms with E-state index in [1.54, 1.807) is 6.26 Å². The van der Waals surface area contributed by atoms with Crippen LogP contribution in [0.25, 0.3) is 0 Å². The Balaban J connectivity index is 1.95. The zero-order valence-electron chi connectivity index (χ0n) is 11.8. The SMILES string of the molecule is CCCNC(c1ccc2c(c1)CC(=O)N2)c1ccoc1Br. The summed E-state index contributed by atoms with van der Waals surface area (Å²) in [6, 6.07) is 8.15. The molecule has 110 valence electrons. The van der Waals surface area contributed by atoms with Crippen molar-refractivity contribution in [3.63, 3.8) is 0 Å². The molecule has 0 bridgehead atoms. The average molecular weight is 349 g/mol. The number of amides is 1. The zero-order chi connectivity index (χ0) is 14.8. The van der Waals surface area contributed by atoms with Gasteiger partial charge in [-0.15, -0.1) is 0 Å². The molecule has 1 aromatic heterocycles. The lowest BCUT2D eigenvalue weighted by Crippen LogP contribution is -2.23. The largest absolute Gasteiger partial charge is 0.457 e. The molecule has 3 rings (SSSR count). The van der Waals surface area contributed by atoms with Gasteiger partial charge in [-0.1, -0.05) is 19.1 Å². The Morgan fingerprint density at radius 3 is 3.00 bits per heavy atom. The summed E-state index contributed by atoms with van der Waals surface area (Å²) in [5, 5.41) is 6.40. The normalized spacial score (nSPS) is 14.9. The summed E-state index contributed by atoms with van der Waals surface area (Å²) in [5.74, 6) is 0.0599. The molecule has 4 nitrogen and oxygen atoms in total. The quantitative estimate of drug-likeness (QED) is 0.867. The van der Waals surface area contributed by atoms with E-state index in [1.807, 2.05) is 12.1 Å². The number of hydrogen-bond donors (Lipinski definition) is 2. The summed E-state index contributed by atoms with van der Waals surface area (Å²) in [7, 11) is 0. The highest BCUT2D eigenvalue weighted by Gasteiger charge is 2.22. The fourth-order valence-electron chi connectivity index (χ4n) is 2.64. The molecule has 21 heavy (non-hydrogen) atoms. The highest BCUT2D eigenvalue weighted by atomic mass is 79.9. The lowest BCUT2D eigenvalue weighted by atomic mass is 9.98. The Labute approximate surface area is 132 Å². The predicted molar refractivity (Wildman–Crippen MR) is 85.3 cm³/mol. The summed E-state index contributed by atoms with van der Waals surface area (Å²) in [6.07, 6.45) is 3.19. The van der Waals surface area contributed by atoms with Crippen LogP contribution in [-0.2, 0) is 11.2 Å². The maximum absolute atomic E-state index is 11.5. The van der Waals surface area contributed by atoms with Crippen LogP contribution in [0.2, 0.25) is 0 Å². The number of carbonyl (C=O) groups excluding carboxylic acids is 1. The molecule has 1 amide bonds. The van der Waals surface area contributed by atoms with Crippen LogP contribution in [0.3, 0.4) is 0 Å². The molecule has 1 atom stereocenters. The molecular weight excluding hydrogens is 332 g/mol. The van der Waals surface area contributed by atoms with E-state index in [-0.39, 0.29) is 11.9 Å². The van der Waals surface area contributed by atoms with Crippen LogP contribution < -0.4 is 10.6 Å². The molecule has 0 aliphatic carbocycles. The van der Waals surface area contributed by atoms with Gasteiger partial charge in [0.1, 0.15) is 0 Å². The molecule has 0 radical (unpaired) electrons. The highest BCUT2D eigenvalue weighted by molar-refractivity contribution is 9.10. The number of carbonyl (C=O) groups is 1. The third kappa shape index (κ3) is 2.89. The number of hydrogen-bond acceptors (Lipinski definition) is 3. The van der Waals surface area contributed by atoms with Gasteiger partial charge in [-0.25, -0.2) is 0 Å². The van der Waals surface area contributed by atoms with Crippen LogP contribution in [0, 0.1) is 0 Å². The molecule has 1 aliphatic heterocycles. The average Bonchev–Trinajstić information content (AvgIpc) is 3.04. The Morgan fingerprint density at radius 1 is 1.43 bits per heavy atom. The van der Waals surface area contributed by atoms with Crippen molar-refractivity contribution in [3.8, 4) is 0 Å². The molecule has 1 aromatic carbocycles. The molecule has 0 spiro atoms. The summed E-state index contributed by atoms with van der Waals surface area (Å²) in [4.78, 5) is 11.5. The van der Waals surface area contributed by atoms with Crippen molar-refractivity contribution in [2.45, 2.75) is 25.8 Å². The first-order valence-electron chi connectivity index (χ1n) is 7.08. The van der Waals surface area contributed by atoms with E-state index in [9.17, 15) is 4.79 Å². The van der Waals surface area contributed by atoms with Gasteiger partial charge in [-0.3, -0.25) is 4.79 Å². The second kappa shape index (κ2) is 6.03. The number of fused-ring (bicyclic) bond motifs is 1. The van der Waals surface area contributed by atoms with Crippen molar-refractivity contribution < 1.29 is 9.21 Å². The second-order valence-electron chi connectivity index (χ2n) is 5.18. The van der Waals surface area contributed by atoms with E-state index in [0.717, 1.165) is 40.0 Å². The van der Waals surface area contributed by atoms with E-state index in [0.29, 0.717) is 6.42 Å². The lowest BCUT2D eigenvalue weighted by Gasteiger charge is -2.19. The van der Waals surface area contributed by atoms with Gasteiger partial charge in [0.05, 0.1) is 18.7 Å². The minimum atomic E-state index is 0.0547. The van der Waals surface area contributed by atoms with Crippen molar-refractivity contribution in [2.75, 3.05) is 11.9 Å². The first kappa shape index (κ1) is 14.4. The minimum absolute atomic E-state index is 0.0547. The standard InChI is InChI=1S/C16H17BrN2O2/c1-2-6-18-15(12-5-7-21-16(12)17)10-3-4-13-11(8-10)9-14(20)19-13/h3-5,7-8,15,18H,2,6,9H2,1H3,(H,19,20). The van der Waals surface area contributed by atoms with Crippen LogP contribution in [0.15, 0.2) is 39.6 Å². The van der Waals surface area contributed by atoms with Crippen LogP contribution in [0.4, 0.5) is 5.69 Å². The first-order chi connectivity index (χ1) is 10.2. The predicted octanol–water partition coefficient (Wildman–Crippen LogP) is 3.63. The topological polar surface area (TPSA) is 54.3 Å². The van der Waals surface area contributed by atoms with Gasteiger partial charge < -0.3 is 15.1 Å². The molecule has 2 N–H and O–H groups in total. The van der Waals surface area contributed by atoms with Gasteiger partial charge in [0.2, 0.25) is 5.91 Å². The van der Waals surface area contributed by atoms with Crippen molar-refractivity contribution in [1.29, 1.82) is 0 Å². The Morgan fingerprint density at radius 2 is 2.29 bits per heavy atom. The van der Waals surface area contributed by atoms with Gasteiger partial charge in [0.15, 0.2) is 4.67 Å². The number of halogens is 1. The number of anilines is 1. The molecule has 0 fully saturated rings. The molecule has 2 heterocycles. The van der Waals surface area contributed by atoms with Gasteiger partial charge in [-0.2, -0.15) is 0 Å². The van der Waals surface area contributed by atoms with Crippen LogP contribution in [0.5, 0.6) is 0 Å². The van der Waals surface area contributed by atoms with E-state index < -0.39 is 0 Å². The summed E-state index contributed by atoms with van der Waals surface area (Å²) in [6.45, 7) is 3.05. The Kier molecular flexibility index (Phi) is 4.12. The minimum Gasteiger partial charge on any atom is -0.457 e. The molecule has 1 unspecified atom stereocenters. The number of rotatable bonds is 5. The van der Waals surface area contributed by atoms with Gasteiger partial charge >= 0.3 is 0 Å². The van der Waals surface area contributed by atoms with E-state index in [1.165, 1.54) is 0 Å². The van der Waals surface area contributed by atoms with Crippen LogP contribution >= 0.6 is 15.9 Å². The second-order valence-corrected chi connectivity index (χ2v) is 5.90. The molecule has 2 aromatic rings. The molecule has 0 saturated heterocycles. The first-order valence-corrected chi connectivity index (χ1v) is 7.87. The third-order valence-electron chi connectivity index (χ3n) is 3.64. The van der Waals surface area contributed by atoms with Crippen LogP contribution in [-0.4, -0.2) is 12.5 Å². The fourth-order valence-corrected chi connectivity index (χ4v) is 3.10. The third-order valence-corrected chi connectivity index (χ3v) is 4.29. The fraction of sp³-hybridized carbons (Fsp3) is 0.312. The molecule has 5 heteroatoms. The van der Waals surface area contributed by atoms with E-state index in [4.69, 9.17) is 4.42 Å². The summed E-state index contributed by atoms with van der Waals surface area (Å²) >= 11 is 3.45. The maximum atomic E-state index is 11.5. The van der Waals surface area contributed by atoms with E-state index >= 15 is 0 Å². The Hall–Kier alpha value is -1.59. The monoisotopic (exact) mass is 348 g/mol. The van der Waals surface area contributed by atoms with Crippen molar-refractivity contribution >= 4 is 27.5 Å². The molecule has 1 aliphatic rings. The zero-order valence-corrected chi connectivity index (χ0v) is 13.4.